The van der Waals surface area contributed by atoms with E-state index in [1.54, 1.807) is 49.4 Å². The van der Waals surface area contributed by atoms with Crippen molar-refractivity contribution in [3.63, 3.8) is 0 Å². The van der Waals surface area contributed by atoms with Crippen LogP contribution < -0.4 is 14.4 Å². The van der Waals surface area contributed by atoms with Crippen molar-refractivity contribution in [1.29, 1.82) is 0 Å². The summed E-state index contributed by atoms with van der Waals surface area (Å²) in [6.45, 7) is 6.75. The van der Waals surface area contributed by atoms with Crippen LogP contribution in [-0.2, 0) is 26.2 Å². The number of benzene rings is 3. The first-order valence-electron chi connectivity index (χ1n) is 12.9. The van der Waals surface area contributed by atoms with Gasteiger partial charge in [0.05, 0.1) is 17.7 Å². The quantitative estimate of drug-likeness (QED) is 0.360. The molecule has 0 radical (unpaired) electrons. The van der Waals surface area contributed by atoms with Crippen LogP contribution >= 0.6 is 0 Å². The Morgan fingerprint density at radius 2 is 1.62 bits per heavy atom. The Bertz CT molecular complexity index is 1410. The zero-order chi connectivity index (χ0) is 29.5. The van der Waals surface area contributed by atoms with Gasteiger partial charge in [-0.15, -0.1) is 0 Å². The number of hydrogen-bond donors (Lipinski definition) is 1. The van der Waals surface area contributed by atoms with Crippen molar-refractivity contribution in [1.82, 2.24) is 10.2 Å². The molecule has 0 fully saturated rings. The molecule has 0 aliphatic carbocycles. The van der Waals surface area contributed by atoms with Gasteiger partial charge in [0, 0.05) is 12.1 Å². The van der Waals surface area contributed by atoms with Crippen LogP contribution in [-0.4, -0.2) is 50.4 Å². The van der Waals surface area contributed by atoms with Crippen LogP contribution in [0.4, 0.5) is 10.1 Å². The topological polar surface area (TPSA) is 96.0 Å². The predicted octanol–water partition coefficient (Wildman–Crippen LogP) is 4.75. The predicted molar refractivity (Wildman–Crippen MR) is 153 cm³/mol. The van der Waals surface area contributed by atoms with E-state index in [9.17, 15) is 22.4 Å². The maximum absolute atomic E-state index is 14.0. The number of amides is 2. The summed E-state index contributed by atoms with van der Waals surface area (Å²) in [6.07, 6.45) is 0.291. The molecule has 0 bridgehead atoms. The lowest BCUT2D eigenvalue weighted by atomic mass is 10.1. The van der Waals surface area contributed by atoms with Crippen molar-refractivity contribution in [2.24, 2.45) is 0 Å². The largest absolute Gasteiger partial charge is 0.497 e. The molecule has 214 valence electrons. The zero-order valence-corrected chi connectivity index (χ0v) is 24.2. The summed E-state index contributed by atoms with van der Waals surface area (Å²) < 4.78 is 47.5. The lowest BCUT2D eigenvalue weighted by Crippen LogP contribution is -2.55. The Labute approximate surface area is 235 Å². The second-order valence-corrected chi connectivity index (χ2v) is 12.2. The Morgan fingerprint density at radius 3 is 2.20 bits per heavy atom. The van der Waals surface area contributed by atoms with Gasteiger partial charge in [-0.1, -0.05) is 37.3 Å². The third-order valence-corrected chi connectivity index (χ3v) is 7.88. The average molecular weight is 570 g/mol. The Hall–Kier alpha value is -3.92. The molecule has 0 heterocycles. The molecule has 0 aromatic heterocycles. The van der Waals surface area contributed by atoms with E-state index in [1.807, 2.05) is 20.8 Å². The van der Waals surface area contributed by atoms with Gasteiger partial charge in [-0.25, -0.2) is 12.8 Å². The number of carbonyl (C=O) groups is 2. The maximum atomic E-state index is 14.0. The Morgan fingerprint density at radius 1 is 0.975 bits per heavy atom. The van der Waals surface area contributed by atoms with Gasteiger partial charge in [0.2, 0.25) is 11.8 Å². The second kappa shape index (κ2) is 13.0. The molecule has 10 heteroatoms. The van der Waals surface area contributed by atoms with Crippen molar-refractivity contribution >= 4 is 27.5 Å². The molecular formula is C30H36FN3O5S. The van der Waals surface area contributed by atoms with Gasteiger partial charge in [0.15, 0.2) is 0 Å². The lowest BCUT2D eigenvalue weighted by molar-refractivity contribution is -0.141. The zero-order valence-electron chi connectivity index (χ0n) is 23.4. The van der Waals surface area contributed by atoms with Crippen molar-refractivity contribution in [3.8, 4) is 5.75 Å². The minimum Gasteiger partial charge on any atom is -0.497 e. The van der Waals surface area contributed by atoms with Gasteiger partial charge in [-0.05, 0) is 81.3 Å². The Balaban J connectivity index is 2.06. The number of carbonyl (C=O) groups excluding carboxylic acids is 2. The van der Waals surface area contributed by atoms with E-state index in [2.05, 4.69) is 5.32 Å². The fourth-order valence-electron chi connectivity index (χ4n) is 4.20. The van der Waals surface area contributed by atoms with E-state index in [1.165, 1.54) is 36.3 Å². The summed E-state index contributed by atoms with van der Waals surface area (Å²) in [5.74, 6) is -0.915. The van der Waals surface area contributed by atoms with Gasteiger partial charge in [-0.2, -0.15) is 0 Å². The first kappa shape index (κ1) is 30.6. The van der Waals surface area contributed by atoms with Gasteiger partial charge in [0.25, 0.3) is 10.0 Å². The molecule has 0 aliphatic rings. The monoisotopic (exact) mass is 569 g/mol. The van der Waals surface area contributed by atoms with Crippen LogP contribution in [0.25, 0.3) is 0 Å². The van der Waals surface area contributed by atoms with Gasteiger partial charge < -0.3 is 15.0 Å². The van der Waals surface area contributed by atoms with Crippen LogP contribution in [0, 0.1) is 5.82 Å². The highest BCUT2D eigenvalue weighted by Crippen LogP contribution is 2.25. The van der Waals surface area contributed by atoms with Crippen molar-refractivity contribution in [3.05, 3.63) is 90.2 Å². The van der Waals surface area contributed by atoms with E-state index >= 15 is 0 Å². The first-order valence-corrected chi connectivity index (χ1v) is 14.4. The highest BCUT2D eigenvalue weighted by Gasteiger charge is 2.34. The van der Waals surface area contributed by atoms with Crippen molar-refractivity contribution in [2.75, 3.05) is 18.0 Å². The number of hydrogen-bond acceptors (Lipinski definition) is 5. The molecular weight excluding hydrogens is 533 g/mol. The number of nitrogens with one attached hydrogen (secondary N) is 1. The fourth-order valence-corrected chi connectivity index (χ4v) is 5.63. The minimum absolute atomic E-state index is 0.0241. The summed E-state index contributed by atoms with van der Waals surface area (Å²) in [5, 5.41) is 2.93. The molecule has 1 N–H and O–H groups in total. The van der Waals surface area contributed by atoms with E-state index in [4.69, 9.17) is 4.74 Å². The lowest BCUT2D eigenvalue weighted by Gasteiger charge is -2.34. The van der Waals surface area contributed by atoms with E-state index in [0.29, 0.717) is 17.7 Å². The third-order valence-electron chi connectivity index (χ3n) is 6.10. The number of anilines is 1. The highest BCUT2D eigenvalue weighted by molar-refractivity contribution is 7.92. The smallest absolute Gasteiger partial charge is 0.264 e. The molecule has 1 atom stereocenters. The summed E-state index contributed by atoms with van der Waals surface area (Å²) in [7, 11) is -2.69. The SMILES string of the molecule is CCC(C(=O)NC(C)(C)C)N(Cc1cccc(OC)c1)C(=O)CN(c1ccc(F)cc1)S(=O)(=O)c1ccccc1. The minimum atomic E-state index is -4.22. The molecule has 3 rings (SSSR count). The first-order chi connectivity index (χ1) is 18.9. The summed E-state index contributed by atoms with van der Waals surface area (Å²) in [5.41, 5.74) is 0.271. The Kier molecular flexibility index (Phi) is 9.92. The molecule has 0 saturated carbocycles. The second-order valence-electron chi connectivity index (χ2n) is 10.3. The van der Waals surface area contributed by atoms with Crippen LogP contribution in [0.2, 0.25) is 0 Å². The molecule has 40 heavy (non-hydrogen) atoms. The molecule has 3 aromatic carbocycles. The summed E-state index contributed by atoms with van der Waals surface area (Å²) in [4.78, 5) is 28.8. The van der Waals surface area contributed by atoms with Crippen LogP contribution in [0.15, 0.2) is 83.8 Å². The number of rotatable bonds is 11. The molecule has 0 saturated heterocycles. The average Bonchev–Trinajstić information content (AvgIpc) is 2.91. The fraction of sp³-hybridized carbons (Fsp3) is 0.333. The van der Waals surface area contributed by atoms with Gasteiger partial charge >= 0.3 is 0 Å². The van der Waals surface area contributed by atoms with Crippen LogP contribution in [0.3, 0.4) is 0 Å². The molecule has 2 amide bonds. The van der Waals surface area contributed by atoms with Crippen LogP contribution in [0.5, 0.6) is 5.75 Å². The van der Waals surface area contributed by atoms with E-state index < -0.39 is 39.9 Å². The normalized spacial score (nSPS) is 12.3. The summed E-state index contributed by atoms with van der Waals surface area (Å²) >= 11 is 0. The number of nitrogens with zero attached hydrogens (tertiary/aromatic N) is 2. The number of ether oxygens (including phenoxy) is 1. The van der Waals surface area contributed by atoms with Crippen LogP contribution in [0.1, 0.15) is 39.7 Å². The number of methoxy groups -OCH3 is 1. The summed E-state index contributed by atoms with van der Waals surface area (Å²) in [6, 6.07) is 18.8. The van der Waals surface area contributed by atoms with E-state index in [-0.39, 0.29) is 23.0 Å². The maximum Gasteiger partial charge on any atom is 0.264 e. The molecule has 1 unspecified atom stereocenters. The van der Waals surface area contributed by atoms with Crippen molar-refractivity contribution in [2.45, 2.75) is 57.1 Å². The molecule has 0 aliphatic heterocycles. The van der Waals surface area contributed by atoms with Gasteiger partial charge in [0.1, 0.15) is 24.2 Å². The number of sulfonamides is 1. The molecule has 3 aromatic rings. The molecule has 0 spiro atoms. The number of halogens is 1. The highest BCUT2D eigenvalue weighted by atomic mass is 32.2. The van der Waals surface area contributed by atoms with Crippen molar-refractivity contribution < 1.29 is 27.1 Å². The van der Waals surface area contributed by atoms with E-state index in [0.717, 1.165) is 16.4 Å². The third kappa shape index (κ3) is 7.81. The standard InChI is InChI=1S/C30H36FN3O5S/c1-6-27(29(36)32-30(2,3)4)33(20-22-11-10-12-25(19-22)39-5)28(35)21-34(24-17-15-23(31)16-18-24)40(37,38)26-13-8-7-9-14-26/h7-19,27H,6,20-21H2,1-5H3,(H,32,36). The molecule has 8 nitrogen and oxygen atoms in total. The van der Waals surface area contributed by atoms with Gasteiger partial charge in [-0.3, -0.25) is 13.9 Å².